The van der Waals surface area contributed by atoms with Crippen LogP contribution in [0.3, 0.4) is 0 Å². The van der Waals surface area contributed by atoms with E-state index >= 15 is 0 Å². The van der Waals surface area contributed by atoms with Gasteiger partial charge in [-0.2, -0.15) is 0 Å². The second-order valence-electron chi connectivity index (χ2n) is 4.44. The highest BCUT2D eigenvalue weighted by molar-refractivity contribution is 9.10. The van der Waals surface area contributed by atoms with Crippen molar-refractivity contribution < 1.29 is 9.53 Å². The van der Waals surface area contributed by atoms with Gasteiger partial charge in [-0.1, -0.05) is 52.7 Å². The van der Waals surface area contributed by atoms with Crippen LogP contribution in [0, 0.1) is 0 Å². The summed E-state index contributed by atoms with van der Waals surface area (Å²) in [7, 11) is 0. The summed E-state index contributed by atoms with van der Waals surface area (Å²) in [4.78, 5) is 12.3. The number of carbonyl (C=O) groups excluding carboxylic acids is 1. The first kappa shape index (κ1) is 15.9. The number of ether oxygens (including phenoxy) is 1. The molecule has 0 aliphatic carbocycles. The Hall–Kier alpha value is -1.52. The third-order valence-corrected chi connectivity index (χ3v) is 3.67. The largest absolute Gasteiger partial charge is 0.479 e. The van der Waals surface area contributed by atoms with E-state index in [1.54, 1.807) is 12.1 Å². The lowest BCUT2D eigenvalue weighted by Gasteiger charge is -2.18. The molecule has 0 unspecified atom stereocenters. The highest BCUT2D eigenvalue weighted by Crippen LogP contribution is 2.25. The monoisotopic (exact) mass is 367 g/mol. The van der Waals surface area contributed by atoms with Gasteiger partial charge in [0.1, 0.15) is 5.75 Å². The molecule has 0 aliphatic heterocycles. The molecule has 1 amide bonds. The van der Waals surface area contributed by atoms with E-state index in [2.05, 4.69) is 21.2 Å². The molecule has 2 rings (SSSR count). The Morgan fingerprint density at radius 2 is 2.05 bits per heavy atom. The van der Waals surface area contributed by atoms with Crippen LogP contribution in [0.15, 0.2) is 53.0 Å². The van der Waals surface area contributed by atoms with Crippen LogP contribution in [-0.2, 0) is 4.79 Å². The number of halogens is 2. The second kappa shape index (κ2) is 7.48. The Bertz CT molecular complexity index is 633. The van der Waals surface area contributed by atoms with Gasteiger partial charge in [0.05, 0.1) is 5.02 Å². The number of nitrogens with one attached hydrogen (secondary N) is 1. The van der Waals surface area contributed by atoms with Gasteiger partial charge in [0, 0.05) is 10.2 Å². The average Bonchev–Trinajstić information content (AvgIpc) is 2.46. The number of hydrogen-bond donors (Lipinski definition) is 1. The topological polar surface area (TPSA) is 38.3 Å². The Labute approximate surface area is 137 Å². The predicted molar refractivity (Wildman–Crippen MR) is 88.9 cm³/mol. The second-order valence-corrected chi connectivity index (χ2v) is 5.77. The van der Waals surface area contributed by atoms with Crippen molar-refractivity contribution in [1.29, 1.82) is 0 Å². The fraction of sp³-hybridized carbons (Fsp3) is 0.188. The van der Waals surface area contributed by atoms with Crippen LogP contribution in [0.4, 0.5) is 5.69 Å². The summed E-state index contributed by atoms with van der Waals surface area (Å²) < 4.78 is 6.61. The molecule has 5 heteroatoms. The molecule has 0 spiro atoms. The van der Waals surface area contributed by atoms with Gasteiger partial charge < -0.3 is 10.1 Å². The summed E-state index contributed by atoms with van der Waals surface area (Å²) in [5.41, 5.74) is 0.718. The van der Waals surface area contributed by atoms with Gasteiger partial charge in [0.2, 0.25) is 0 Å². The van der Waals surface area contributed by atoms with E-state index in [4.69, 9.17) is 16.3 Å². The molecule has 1 atom stereocenters. The van der Waals surface area contributed by atoms with E-state index in [9.17, 15) is 4.79 Å². The van der Waals surface area contributed by atoms with Crippen LogP contribution in [0.1, 0.15) is 13.3 Å². The minimum atomic E-state index is -0.594. The molecule has 0 aliphatic rings. The van der Waals surface area contributed by atoms with Crippen LogP contribution < -0.4 is 10.1 Å². The maximum Gasteiger partial charge on any atom is 0.265 e. The van der Waals surface area contributed by atoms with E-state index < -0.39 is 6.10 Å². The van der Waals surface area contributed by atoms with Crippen molar-refractivity contribution in [3.05, 3.63) is 58.0 Å². The van der Waals surface area contributed by atoms with Crippen LogP contribution in [0.25, 0.3) is 0 Å². The van der Waals surface area contributed by atoms with E-state index in [-0.39, 0.29) is 5.91 Å². The van der Waals surface area contributed by atoms with E-state index in [1.807, 2.05) is 43.3 Å². The third-order valence-electron chi connectivity index (χ3n) is 2.86. The van der Waals surface area contributed by atoms with Crippen LogP contribution in [0.5, 0.6) is 5.75 Å². The van der Waals surface area contributed by atoms with E-state index in [0.717, 1.165) is 10.2 Å². The number of carbonyl (C=O) groups is 1. The first-order valence-corrected chi connectivity index (χ1v) is 7.75. The lowest BCUT2D eigenvalue weighted by molar-refractivity contribution is -0.122. The van der Waals surface area contributed by atoms with Crippen molar-refractivity contribution in [2.24, 2.45) is 0 Å². The third kappa shape index (κ3) is 4.48. The van der Waals surface area contributed by atoms with Gasteiger partial charge in [-0.3, -0.25) is 4.79 Å². The first-order valence-electron chi connectivity index (χ1n) is 6.57. The normalized spacial score (nSPS) is 11.8. The number of benzene rings is 2. The lowest BCUT2D eigenvalue weighted by Crippen LogP contribution is -2.32. The number of hydrogen-bond acceptors (Lipinski definition) is 2. The van der Waals surface area contributed by atoms with Gasteiger partial charge in [0.25, 0.3) is 5.91 Å². The van der Waals surface area contributed by atoms with Crippen molar-refractivity contribution in [3.63, 3.8) is 0 Å². The number of rotatable bonds is 5. The molecule has 0 radical (unpaired) electrons. The zero-order valence-corrected chi connectivity index (χ0v) is 13.8. The maximum absolute atomic E-state index is 12.3. The van der Waals surface area contributed by atoms with E-state index in [1.165, 1.54) is 0 Å². The van der Waals surface area contributed by atoms with E-state index in [0.29, 0.717) is 17.2 Å². The minimum Gasteiger partial charge on any atom is -0.479 e. The molecular weight excluding hydrogens is 354 g/mol. The molecule has 0 aromatic heterocycles. The zero-order chi connectivity index (χ0) is 15.2. The van der Waals surface area contributed by atoms with Gasteiger partial charge >= 0.3 is 0 Å². The first-order chi connectivity index (χ1) is 10.1. The predicted octanol–water partition coefficient (Wildman–Crippen LogP) is 4.90. The summed E-state index contributed by atoms with van der Waals surface area (Å²) in [5.74, 6) is 0.311. The average molecular weight is 369 g/mol. The molecule has 0 saturated carbocycles. The van der Waals surface area contributed by atoms with Crippen molar-refractivity contribution in [2.45, 2.75) is 19.4 Å². The SMILES string of the molecule is CC[C@H](Oc1ccccc1Cl)C(=O)Nc1cccc(Br)c1. The Balaban J connectivity index is 2.07. The number of para-hydroxylation sites is 1. The van der Waals surface area contributed by atoms with Crippen molar-refractivity contribution in [1.82, 2.24) is 0 Å². The molecule has 3 nitrogen and oxygen atoms in total. The molecule has 21 heavy (non-hydrogen) atoms. The quantitative estimate of drug-likeness (QED) is 0.815. The van der Waals surface area contributed by atoms with Crippen LogP contribution in [-0.4, -0.2) is 12.0 Å². The zero-order valence-electron chi connectivity index (χ0n) is 11.5. The van der Waals surface area contributed by atoms with Crippen LogP contribution >= 0.6 is 27.5 Å². The summed E-state index contributed by atoms with van der Waals surface area (Å²) in [6, 6.07) is 14.5. The molecule has 110 valence electrons. The molecule has 1 N–H and O–H groups in total. The molecule has 0 bridgehead atoms. The Kier molecular flexibility index (Phi) is 5.65. The van der Waals surface area contributed by atoms with Gasteiger partial charge in [0.15, 0.2) is 6.10 Å². The summed E-state index contributed by atoms with van der Waals surface area (Å²) in [6.07, 6.45) is -0.0469. The molecule has 0 fully saturated rings. The molecular formula is C16H15BrClNO2. The fourth-order valence-corrected chi connectivity index (χ4v) is 2.38. The Morgan fingerprint density at radius 3 is 2.71 bits per heavy atom. The minimum absolute atomic E-state index is 0.199. The summed E-state index contributed by atoms with van der Waals surface area (Å²) >= 11 is 9.42. The molecule has 0 heterocycles. The Morgan fingerprint density at radius 1 is 1.29 bits per heavy atom. The van der Waals surface area contributed by atoms with Crippen molar-refractivity contribution in [2.75, 3.05) is 5.32 Å². The van der Waals surface area contributed by atoms with Gasteiger partial charge in [-0.05, 0) is 36.8 Å². The maximum atomic E-state index is 12.3. The van der Waals surface area contributed by atoms with Crippen molar-refractivity contribution in [3.8, 4) is 5.75 Å². The van der Waals surface area contributed by atoms with Crippen LogP contribution in [0.2, 0.25) is 5.02 Å². The van der Waals surface area contributed by atoms with Gasteiger partial charge in [-0.15, -0.1) is 0 Å². The van der Waals surface area contributed by atoms with Gasteiger partial charge in [-0.25, -0.2) is 0 Å². The summed E-state index contributed by atoms with van der Waals surface area (Å²) in [5, 5.41) is 3.33. The smallest absolute Gasteiger partial charge is 0.265 e. The lowest BCUT2D eigenvalue weighted by atomic mass is 10.2. The fourth-order valence-electron chi connectivity index (χ4n) is 1.80. The standard InChI is InChI=1S/C16H15BrClNO2/c1-2-14(21-15-9-4-3-8-13(15)18)16(20)19-12-7-5-6-11(17)10-12/h3-10,14H,2H2,1H3,(H,19,20)/t14-/m0/s1. The summed E-state index contributed by atoms with van der Waals surface area (Å²) in [6.45, 7) is 1.89. The molecule has 0 saturated heterocycles. The van der Waals surface area contributed by atoms with Crippen molar-refractivity contribution >= 4 is 39.1 Å². The highest BCUT2D eigenvalue weighted by Gasteiger charge is 2.19. The number of amides is 1. The molecule has 2 aromatic rings. The highest BCUT2D eigenvalue weighted by atomic mass is 79.9. The molecule has 2 aromatic carbocycles. The number of anilines is 1.